The highest BCUT2D eigenvalue weighted by molar-refractivity contribution is 6.33. The summed E-state index contributed by atoms with van der Waals surface area (Å²) in [7, 11) is 0. The van der Waals surface area contributed by atoms with E-state index in [1.807, 2.05) is 30.3 Å². The molecular formula is C21H17Cl2N5O2. The molecule has 0 radical (unpaired) electrons. The number of ether oxygens (including phenoxy) is 1. The number of carbonyl (C=O) groups is 1. The lowest BCUT2D eigenvalue weighted by Crippen LogP contribution is -2.29. The SMILES string of the molecule is O=C(Cc1ccc(Cl)cc1)NCCOc1ccc2nnc(-c3ccccc3Cl)n2n1. The van der Waals surface area contributed by atoms with Crippen molar-refractivity contribution in [2.24, 2.45) is 0 Å². The van der Waals surface area contributed by atoms with Crippen molar-refractivity contribution in [1.29, 1.82) is 0 Å². The molecule has 1 N–H and O–H groups in total. The molecule has 152 valence electrons. The number of nitrogens with one attached hydrogen (secondary N) is 1. The van der Waals surface area contributed by atoms with E-state index in [0.29, 0.717) is 33.9 Å². The van der Waals surface area contributed by atoms with Crippen molar-refractivity contribution < 1.29 is 9.53 Å². The van der Waals surface area contributed by atoms with E-state index in [1.54, 1.807) is 34.8 Å². The Morgan fingerprint density at radius 2 is 1.80 bits per heavy atom. The maximum Gasteiger partial charge on any atom is 0.231 e. The van der Waals surface area contributed by atoms with E-state index < -0.39 is 0 Å². The Balaban J connectivity index is 1.35. The fourth-order valence-corrected chi connectivity index (χ4v) is 3.20. The van der Waals surface area contributed by atoms with Crippen molar-refractivity contribution in [3.63, 3.8) is 0 Å². The van der Waals surface area contributed by atoms with Crippen LogP contribution in [0.5, 0.6) is 5.88 Å². The lowest BCUT2D eigenvalue weighted by molar-refractivity contribution is -0.120. The van der Waals surface area contributed by atoms with Crippen molar-refractivity contribution in [3.05, 3.63) is 76.3 Å². The van der Waals surface area contributed by atoms with Crippen molar-refractivity contribution in [2.75, 3.05) is 13.2 Å². The van der Waals surface area contributed by atoms with Crippen LogP contribution >= 0.6 is 23.2 Å². The molecule has 7 nitrogen and oxygen atoms in total. The Morgan fingerprint density at radius 1 is 1.00 bits per heavy atom. The molecule has 0 atom stereocenters. The number of aromatic nitrogens is 4. The van der Waals surface area contributed by atoms with Crippen LogP contribution in [-0.4, -0.2) is 38.9 Å². The molecule has 4 aromatic rings. The molecule has 2 aromatic heterocycles. The van der Waals surface area contributed by atoms with Gasteiger partial charge in [0.1, 0.15) is 6.61 Å². The molecule has 2 aromatic carbocycles. The number of nitrogens with zero attached hydrogens (tertiary/aromatic N) is 4. The molecule has 0 unspecified atom stereocenters. The molecule has 9 heteroatoms. The second-order valence-electron chi connectivity index (χ2n) is 6.45. The van der Waals surface area contributed by atoms with Crippen LogP contribution in [0.4, 0.5) is 0 Å². The summed E-state index contributed by atoms with van der Waals surface area (Å²) < 4.78 is 7.25. The summed E-state index contributed by atoms with van der Waals surface area (Å²) in [5.41, 5.74) is 2.20. The second-order valence-corrected chi connectivity index (χ2v) is 7.29. The van der Waals surface area contributed by atoms with Gasteiger partial charge >= 0.3 is 0 Å². The first kappa shape index (κ1) is 20.1. The minimum atomic E-state index is -0.0934. The fraction of sp³-hybridized carbons (Fsp3) is 0.143. The van der Waals surface area contributed by atoms with E-state index >= 15 is 0 Å². The molecular weight excluding hydrogens is 425 g/mol. The van der Waals surface area contributed by atoms with Crippen LogP contribution in [0, 0.1) is 0 Å². The lowest BCUT2D eigenvalue weighted by Gasteiger charge is -2.08. The van der Waals surface area contributed by atoms with Gasteiger partial charge in [0.15, 0.2) is 11.5 Å². The Morgan fingerprint density at radius 3 is 2.60 bits per heavy atom. The van der Waals surface area contributed by atoms with E-state index in [-0.39, 0.29) is 18.9 Å². The Hall–Kier alpha value is -3.16. The van der Waals surface area contributed by atoms with Gasteiger partial charge in [0.2, 0.25) is 11.8 Å². The molecule has 0 aliphatic rings. The molecule has 0 aliphatic heterocycles. The first-order chi connectivity index (χ1) is 14.6. The zero-order valence-electron chi connectivity index (χ0n) is 15.8. The summed E-state index contributed by atoms with van der Waals surface area (Å²) in [6.07, 6.45) is 0.281. The van der Waals surface area contributed by atoms with Crippen LogP contribution in [0.2, 0.25) is 10.0 Å². The van der Waals surface area contributed by atoms with E-state index in [2.05, 4.69) is 20.6 Å². The van der Waals surface area contributed by atoms with Gasteiger partial charge in [-0.3, -0.25) is 4.79 Å². The minimum absolute atomic E-state index is 0.0934. The van der Waals surface area contributed by atoms with Crippen LogP contribution < -0.4 is 10.1 Å². The average molecular weight is 442 g/mol. The topological polar surface area (TPSA) is 81.4 Å². The van der Waals surface area contributed by atoms with E-state index in [0.717, 1.165) is 11.1 Å². The van der Waals surface area contributed by atoms with Gasteiger partial charge in [-0.05, 0) is 35.9 Å². The molecule has 0 saturated carbocycles. The smallest absolute Gasteiger partial charge is 0.231 e. The normalized spacial score (nSPS) is 10.9. The molecule has 2 heterocycles. The van der Waals surface area contributed by atoms with Gasteiger partial charge in [0.05, 0.1) is 18.0 Å². The molecule has 0 spiro atoms. The molecule has 30 heavy (non-hydrogen) atoms. The number of fused-ring (bicyclic) bond motifs is 1. The number of rotatable bonds is 7. The summed E-state index contributed by atoms with van der Waals surface area (Å²) in [4.78, 5) is 12.0. The van der Waals surface area contributed by atoms with E-state index in [9.17, 15) is 4.79 Å². The van der Waals surface area contributed by atoms with E-state index in [4.69, 9.17) is 27.9 Å². The summed E-state index contributed by atoms with van der Waals surface area (Å²) in [6, 6.07) is 18.0. The maximum absolute atomic E-state index is 12.0. The monoisotopic (exact) mass is 441 g/mol. The molecule has 0 saturated heterocycles. The third-order valence-electron chi connectivity index (χ3n) is 4.31. The van der Waals surface area contributed by atoms with Gasteiger partial charge < -0.3 is 10.1 Å². The van der Waals surface area contributed by atoms with Crippen LogP contribution in [0.3, 0.4) is 0 Å². The van der Waals surface area contributed by atoms with Crippen molar-refractivity contribution in [2.45, 2.75) is 6.42 Å². The third-order valence-corrected chi connectivity index (χ3v) is 4.89. The molecule has 0 bridgehead atoms. The first-order valence-corrected chi connectivity index (χ1v) is 9.97. The highest BCUT2D eigenvalue weighted by Gasteiger charge is 2.13. The molecule has 1 amide bonds. The predicted octanol–water partition coefficient (Wildman–Crippen LogP) is 3.84. The fourth-order valence-electron chi connectivity index (χ4n) is 2.86. The third kappa shape index (κ3) is 4.69. The summed E-state index contributed by atoms with van der Waals surface area (Å²) in [5, 5.41) is 16.7. The lowest BCUT2D eigenvalue weighted by atomic mass is 10.1. The Kier molecular flexibility index (Phi) is 6.11. The zero-order valence-corrected chi connectivity index (χ0v) is 17.3. The predicted molar refractivity (Wildman–Crippen MR) is 115 cm³/mol. The summed E-state index contributed by atoms with van der Waals surface area (Å²) in [6.45, 7) is 0.625. The molecule has 4 rings (SSSR count). The summed E-state index contributed by atoms with van der Waals surface area (Å²) >= 11 is 12.1. The first-order valence-electron chi connectivity index (χ1n) is 9.21. The number of carbonyl (C=O) groups excluding carboxylic acids is 1. The standard InChI is InChI=1S/C21H17Cl2N5O2/c22-15-7-5-14(6-8-15)13-19(29)24-11-12-30-20-10-9-18-25-26-21(28(18)27-20)16-3-1-2-4-17(16)23/h1-10H,11-13H2,(H,24,29). The van der Waals surface area contributed by atoms with Gasteiger partial charge in [-0.1, -0.05) is 47.5 Å². The van der Waals surface area contributed by atoms with Gasteiger partial charge in [-0.15, -0.1) is 15.3 Å². The van der Waals surface area contributed by atoms with Crippen LogP contribution in [-0.2, 0) is 11.2 Å². The number of benzene rings is 2. The Labute approximate surface area is 182 Å². The van der Waals surface area contributed by atoms with Crippen LogP contribution in [0.1, 0.15) is 5.56 Å². The van der Waals surface area contributed by atoms with Gasteiger partial charge in [-0.2, -0.15) is 4.52 Å². The van der Waals surface area contributed by atoms with Crippen LogP contribution in [0.25, 0.3) is 17.0 Å². The molecule has 0 aliphatic carbocycles. The number of hydrogen-bond donors (Lipinski definition) is 1. The highest BCUT2D eigenvalue weighted by Crippen LogP contribution is 2.26. The quantitative estimate of drug-likeness (QED) is 0.440. The number of hydrogen-bond acceptors (Lipinski definition) is 5. The largest absolute Gasteiger partial charge is 0.475 e. The average Bonchev–Trinajstić information content (AvgIpc) is 3.16. The van der Waals surface area contributed by atoms with Gasteiger partial charge in [-0.25, -0.2) is 0 Å². The number of halogens is 2. The van der Waals surface area contributed by atoms with Crippen LogP contribution in [0.15, 0.2) is 60.7 Å². The molecule has 0 fully saturated rings. The zero-order chi connectivity index (χ0) is 20.9. The number of amides is 1. The van der Waals surface area contributed by atoms with Crippen molar-refractivity contribution in [3.8, 4) is 17.3 Å². The highest BCUT2D eigenvalue weighted by atomic mass is 35.5. The van der Waals surface area contributed by atoms with Gasteiger partial charge in [0, 0.05) is 16.7 Å². The minimum Gasteiger partial charge on any atom is -0.475 e. The van der Waals surface area contributed by atoms with Crippen molar-refractivity contribution >= 4 is 34.8 Å². The second kappa shape index (κ2) is 9.11. The van der Waals surface area contributed by atoms with Gasteiger partial charge in [0.25, 0.3) is 0 Å². The summed E-state index contributed by atoms with van der Waals surface area (Å²) in [5.74, 6) is 0.823. The van der Waals surface area contributed by atoms with E-state index in [1.165, 1.54) is 0 Å². The maximum atomic E-state index is 12.0. The van der Waals surface area contributed by atoms with Crippen molar-refractivity contribution in [1.82, 2.24) is 25.1 Å². The Bertz CT molecular complexity index is 1180.